The van der Waals surface area contributed by atoms with Crippen LogP contribution in [-0.2, 0) is 10.0 Å². The van der Waals surface area contributed by atoms with Crippen LogP contribution in [0.1, 0.15) is 6.42 Å². The second-order valence-electron chi connectivity index (χ2n) is 4.84. The smallest absolute Gasteiger partial charge is 0.244 e. The zero-order valence-corrected chi connectivity index (χ0v) is 13.5. The van der Waals surface area contributed by atoms with Gasteiger partial charge in [0.15, 0.2) is 11.5 Å². The first-order valence-electron chi connectivity index (χ1n) is 6.33. The predicted octanol–water partition coefficient (Wildman–Crippen LogP) is 1.25. The van der Waals surface area contributed by atoms with Gasteiger partial charge in [0.2, 0.25) is 10.0 Å². The summed E-state index contributed by atoms with van der Waals surface area (Å²) in [6.45, 7) is 1.54. The van der Waals surface area contributed by atoms with Crippen molar-refractivity contribution in [3.8, 4) is 11.5 Å². The van der Waals surface area contributed by atoms with Crippen LogP contribution in [-0.4, -0.2) is 45.1 Å². The van der Waals surface area contributed by atoms with E-state index in [0.717, 1.165) is 0 Å². The highest BCUT2D eigenvalue weighted by Crippen LogP contribution is 2.38. The molecule has 0 radical (unpaired) electrons. The van der Waals surface area contributed by atoms with Crippen molar-refractivity contribution in [1.29, 1.82) is 0 Å². The van der Waals surface area contributed by atoms with Crippen LogP contribution < -0.4 is 15.2 Å². The molecule has 6 nitrogen and oxygen atoms in total. The fourth-order valence-corrected chi connectivity index (χ4v) is 4.37. The Kier molecular flexibility index (Phi) is 4.89. The Balaban J connectivity index is 0.00000161. The van der Waals surface area contributed by atoms with E-state index in [1.807, 2.05) is 0 Å². The first-order valence-corrected chi connectivity index (χ1v) is 8.15. The van der Waals surface area contributed by atoms with Gasteiger partial charge in [0, 0.05) is 31.3 Å². The van der Waals surface area contributed by atoms with Crippen molar-refractivity contribution in [3.63, 3.8) is 0 Å². The molecule has 0 bridgehead atoms. The minimum Gasteiger partial charge on any atom is -0.486 e. The number of ether oxygens (including phenoxy) is 2. The van der Waals surface area contributed by atoms with Gasteiger partial charge in [-0.3, -0.25) is 0 Å². The average molecular weight is 355 g/mol. The third kappa shape index (κ3) is 3.07. The van der Waals surface area contributed by atoms with Gasteiger partial charge < -0.3 is 15.2 Å². The Hall–Kier alpha value is -0.730. The monoisotopic (exact) mass is 354 g/mol. The summed E-state index contributed by atoms with van der Waals surface area (Å²) in [4.78, 5) is 0.0394. The predicted molar refractivity (Wildman–Crippen MR) is 81.0 cm³/mol. The normalized spacial score (nSPS) is 21.9. The summed E-state index contributed by atoms with van der Waals surface area (Å²) < 4.78 is 37.3. The molecule has 21 heavy (non-hydrogen) atoms. The topological polar surface area (TPSA) is 81.9 Å². The molecule has 1 aromatic carbocycles. The first-order chi connectivity index (χ1) is 9.48. The van der Waals surface area contributed by atoms with Gasteiger partial charge in [-0.15, -0.1) is 12.4 Å². The Bertz CT molecular complexity index is 638. The van der Waals surface area contributed by atoms with Crippen LogP contribution in [0.25, 0.3) is 0 Å². The van der Waals surface area contributed by atoms with Crippen LogP contribution in [0.4, 0.5) is 0 Å². The largest absolute Gasteiger partial charge is 0.486 e. The molecule has 1 atom stereocenters. The van der Waals surface area contributed by atoms with E-state index in [2.05, 4.69) is 0 Å². The lowest BCUT2D eigenvalue weighted by atomic mass is 10.3. The maximum absolute atomic E-state index is 12.6. The van der Waals surface area contributed by atoms with E-state index in [9.17, 15) is 8.42 Å². The molecule has 1 aromatic rings. The molecule has 0 spiro atoms. The third-order valence-electron chi connectivity index (χ3n) is 3.40. The quantitative estimate of drug-likeness (QED) is 0.864. The minimum atomic E-state index is -3.65. The lowest BCUT2D eigenvalue weighted by Crippen LogP contribution is -2.32. The highest BCUT2D eigenvalue weighted by molar-refractivity contribution is 7.89. The van der Waals surface area contributed by atoms with E-state index in [0.29, 0.717) is 44.2 Å². The second-order valence-corrected chi connectivity index (χ2v) is 7.15. The summed E-state index contributed by atoms with van der Waals surface area (Å²) in [7, 11) is -3.65. The molecule has 2 aliphatic heterocycles. The maximum atomic E-state index is 12.6. The summed E-state index contributed by atoms with van der Waals surface area (Å²) in [5.41, 5.74) is 5.77. The van der Waals surface area contributed by atoms with E-state index in [4.69, 9.17) is 26.8 Å². The first kappa shape index (κ1) is 16.6. The summed E-state index contributed by atoms with van der Waals surface area (Å²) in [5, 5.41) is 0.134. The molecule has 1 fully saturated rings. The molecule has 2 N–H and O–H groups in total. The lowest BCUT2D eigenvalue weighted by molar-refractivity contribution is 0.171. The van der Waals surface area contributed by atoms with Gasteiger partial charge in [-0.1, -0.05) is 11.6 Å². The molecule has 2 heterocycles. The molecular formula is C12H16Cl2N2O4S. The molecule has 0 amide bonds. The van der Waals surface area contributed by atoms with Gasteiger partial charge in [-0.05, 0) is 6.42 Å². The van der Waals surface area contributed by atoms with E-state index in [1.165, 1.54) is 16.4 Å². The molecule has 9 heteroatoms. The van der Waals surface area contributed by atoms with E-state index in [-0.39, 0.29) is 28.4 Å². The molecule has 3 rings (SSSR count). The zero-order valence-electron chi connectivity index (χ0n) is 11.1. The van der Waals surface area contributed by atoms with Crippen LogP contribution in [0.15, 0.2) is 17.0 Å². The van der Waals surface area contributed by atoms with Crippen LogP contribution >= 0.6 is 24.0 Å². The Labute approximate surface area is 134 Å². The standard InChI is InChI=1S/C12H15ClN2O4S.ClH/c13-9-5-10-11(19-4-3-18-10)6-12(9)20(16,17)15-2-1-8(14)7-15;/h5-6,8H,1-4,7,14H2;1H/t8-;/m1./s1. The van der Waals surface area contributed by atoms with Crippen molar-refractivity contribution < 1.29 is 17.9 Å². The number of sulfonamides is 1. The number of halogens is 2. The van der Waals surface area contributed by atoms with Gasteiger partial charge >= 0.3 is 0 Å². The van der Waals surface area contributed by atoms with Gasteiger partial charge in [0.25, 0.3) is 0 Å². The van der Waals surface area contributed by atoms with Crippen molar-refractivity contribution in [2.24, 2.45) is 5.73 Å². The Morgan fingerprint density at radius 1 is 1.24 bits per heavy atom. The molecule has 0 aromatic heterocycles. The van der Waals surface area contributed by atoms with Crippen molar-refractivity contribution in [2.75, 3.05) is 26.3 Å². The third-order valence-corrected chi connectivity index (χ3v) is 5.73. The molecule has 0 saturated carbocycles. The number of rotatable bonds is 2. The second kappa shape index (κ2) is 6.18. The summed E-state index contributed by atoms with van der Waals surface area (Å²) in [6, 6.07) is 2.79. The van der Waals surface area contributed by atoms with Crippen LogP contribution in [0, 0.1) is 0 Å². The number of benzene rings is 1. The van der Waals surface area contributed by atoms with E-state index >= 15 is 0 Å². The molecule has 1 saturated heterocycles. The molecular weight excluding hydrogens is 339 g/mol. The SMILES string of the molecule is Cl.N[C@@H]1CCN(S(=O)(=O)c2cc3c(cc2Cl)OCCO3)C1. The minimum absolute atomic E-state index is 0. The van der Waals surface area contributed by atoms with Gasteiger partial charge in [-0.2, -0.15) is 4.31 Å². The van der Waals surface area contributed by atoms with Crippen molar-refractivity contribution >= 4 is 34.0 Å². The number of fused-ring (bicyclic) bond motifs is 1. The maximum Gasteiger partial charge on any atom is 0.244 e. The highest BCUT2D eigenvalue weighted by Gasteiger charge is 2.33. The van der Waals surface area contributed by atoms with E-state index < -0.39 is 10.0 Å². The number of hydrogen-bond acceptors (Lipinski definition) is 5. The summed E-state index contributed by atoms with van der Waals surface area (Å²) in [5.74, 6) is 0.876. The van der Waals surface area contributed by atoms with Crippen LogP contribution in [0.5, 0.6) is 11.5 Å². The fourth-order valence-electron chi connectivity index (χ4n) is 2.35. The highest BCUT2D eigenvalue weighted by atomic mass is 35.5. The van der Waals surface area contributed by atoms with Crippen molar-refractivity contribution in [1.82, 2.24) is 4.31 Å². The van der Waals surface area contributed by atoms with Crippen LogP contribution in [0.3, 0.4) is 0 Å². The van der Waals surface area contributed by atoms with Gasteiger partial charge in [0.05, 0.1) is 5.02 Å². The molecule has 2 aliphatic rings. The van der Waals surface area contributed by atoms with Crippen molar-refractivity contribution in [2.45, 2.75) is 17.4 Å². The molecule has 0 aliphatic carbocycles. The van der Waals surface area contributed by atoms with Gasteiger partial charge in [0.1, 0.15) is 18.1 Å². The Morgan fingerprint density at radius 2 is 1.86 bits per heavy atom. The summed E-state index contributed by atoms with van der Waals surface area (Å²) in [6.07, 6.45) is 0.654. The Morgan fingerprint density at radius 3 is 2.43 bits per heavy atom. The van der Waals surface area contributed by atoms with E-state index in [1.54, 1.807) is 0 Å². The van der Waals surface area contributed by atoms with Crippen LogP contribution in [0.2, 0.25) is 5.02 Å². The zero-order chi connectivity index (χ0) is 14.3. The average Bonchev–Trinajstić information content (AvgIpc) is 2.85. The number of nitrogens with zero attached hydrogens (tertiary/aromatic N) is 1. The van der Waals surface area contributed by atoms with Gasteiger partial charge in [-0.25, -0.2) is 8.42 Å². The fraction of sp³-hybridized carbons (Fsp3) is 0.500. The molecule has 0 unspecified atom stereocenters. The number of hydrogen-bond donors (Lipinski definition) is 1. The summed E-state index contributed by atoms with van der Waals surface area (Å²) >= 11 is 6.09. The van der Waals surface area contributed by atoms with Crippen molar-refractivity contribution in [3.05, 3.63) is 17.2 Å². The lowest BCUT2D eigenvalue weighted by Gasteiger charge is -2.22. The molecule has 118 valence electrons. The number of nitrogens with two attached hydrogens (primary N) is 1.